The van der Waals surface area contributed by atoms with Crippen LogP contribution in [0.25, 0.3) is 0 Å². The lowest BCUT2D eigenvalue weighted by Gasteiger charge is -2.06. The Morgan fingerprint density at radius 3 is 2.11 bits per heavy atom. The third-order valence-corrected chi connectivity index (χ3v) is 0.606. The standard InChI is InChI=1S/C7H13NO/c1-6(8)4-5-7(2,3)9/h6,9H,8H2,1-3H3. The van der Waals surface area contributed by atoms with E-state index in [1.54, 1.807) is 20.8 Å². The van der Waals surface area contributed by atoms with Crippen molar-refractivity contribution >= 4 is 0 Å². The van der Waals surface area contributed by atoms with Crippen molar-refractivity contribution in [3.8, 4) is 11.8 Å². The van der Waals surface area contributed by atoms with Gasteiger partial charge in [0.1, 0.15) is 5.60 Å². The molecule has 0 aliphatic heterocycles. The molecule has 0 radical (unpaired) electrons. The van der Waals surface area contributed by atoms with Crippen LogP contribution in [0.1, 0.15) is 20.8 Å². The van der Waals surface area contributed by atoms with Gasteiger partial charge in [-0.3, -0.25) is 0 Å². The third kappa shape index (κ3) is 7.48. The molecule has 0 rings (SSSR count). The first kappa shape index (κ1) is 8.48. The minimum Gasteiger partial charge on any atom is -0.378 e. The minimum absolute atomic E-state index is 0.156. The quantitative estimate of drug-likeness (QED) is 0.454. The molecule has 0 aliphatic rings. The maximum absolute atomic E-state index is 9.04. The number of aliphatic hydroxyl groups is 1. The highest BCUT2D eigenvalue weighted by Crippen LogP contribution is 1.95. The molecule has 0 aliphatic carbocycles. The topological polar surface area (TPSA) is 46.2 Å². The third-order valence-electron chi connectivity index (χ3n) is 0.606. The largest absolute Gasteiger partial charge is 0.378 e. The molecular weight excluding hydrogens is 114 g/mol. The van der Waals surface area contributed by atoms with Crippen molar-refractivity contribution in [1.82, 2.24) is 0 Å². The van der Waals surface area contributed by atoms with E-state index >= 15 is 0 Å². The van der Waals surface area contributed by atoms with Gasteiger partial charge in [0.25, 0.3) is 0 Å². The van der Waals surface area contributed by atoms with Gasteiger partial charge in [-0.05, 0) is 20.8 Å². The second-order valence-corrected chi connectivity index (χ2v) is 2.62. The van der Waals surface area contributed by atoms with Crippen LogP contribution in [0.15, 0.2) is 0 Å². The van der Waals surface area contributed by atoms with Gasteiger partial charge < -0.3 is 10.8 Å². The van der Waals surface area contributed by atoms with Gasteiger partial charge in [-0.1, -0.05) is 11.8 Å². The molecule has 3 N–H and O–H groups in total. The highest BCUT2D eigenvalue weighted by Gasteiger charge is 2.05. The van der Waals surface area contributed by atoms with Gasteiger partial charge in [-0.15, -0.1) is 0 Å². The maximum Gasteiger partial charge on any atom is 0.120 e. The lowest BCUT2D eigenvalue weighted by atomic mass is 10.1. The van der Waals surface area contributed by atoms with Gasteiger partial charge >= 0.3 is 0 Å². The Labute approximate surface area is 56.1 Å². The van der Waals surface area contributed by atoms with Crippen LogP contribution >= 0.6 is 0 Å². The zero-order valence-corrected chi connectivity index (χ0v) is 6.10. The molecule has 0 aromatic carbocycles. The summed E-state index contributed by atoms with van der Waals surface area (Å²) in [5.74, 6) is 5.27. The van der Waals surface area contributed by atoms with Crippen molar-refractivity contribution in [3.63, 3.8) is 0 Å². The van der Waals surface area contributed by atoms with Crippen molar-refractivity contribution in [2.75, 3.05) is 0 Å². The fraction of sp³-hybridized carbons (Fsp3) is 0.714. The van der Waals surface area contributed by atoms with Crippen LogP contribution in [0.2, 0.25) is 0 Å². The highest BCUT2D eigenvalue weighted by molar-refractivity contribution is 5.13. The summed E-state index contributed by atoms with van der Waals surface area (Å²) in [5, 5.41) is 9.04. The number of rotatable bonds is 0. The second-order valence-electron chi connectivity index (χ2n) is 2.62. The molecule has 52 valence electrons. The summed E-state index contributed by atoms with van der Waals surface area (Å²) in [6, 6.07) is -0.156. The summed E-state index contributed by atoms with van der Waals surface area (Å²) < 4.78 is 0. The zero-order chi connectivity index (χ0) is 7.49. The maximum atomic E-state index is 9.04. The fourth-order valence-corrected chi connectivity index (χ4v) is 0.290. The van der Waals surface area contributed by atoms with E-state index in [-0.39, 0.29) is 6.04 Å². The molecule has 2 heteroatoms. The van der Waals surface area contributed by atoms with Gasteiger partial charge in [0.2, 0.25) is 0 Å². The molecule has 1 atom stereocenters. The molecule has 0 bridgehead atoms. The lowest BCUT2D eigenvalue weighted by molar-refractivity contribution is 0.143. The summed E-state index contributed by atoms with van der Waals surface area (Å²) in [7, 11) is 0. The van der Waals surface area contributed by atoms with Crippen LogP contribution in [0.3, 0.4) is 0 Å². The van der Waals surface area contributed by atoms with Crippen molar-refractivity contribution in [1.29, 1.82) is 0 Å². The van der Waals surface area contributed by atoms with E-state index in [4.69, 9.17) is 10.8 Å². The van der Waals surface area contributed by atoms with E-state index in [1.165, 1.54) is 0 Å². The molecule has 0 saturated heterocycles. The number of nitrogens with two attached hydrogens (primary N) is 1. The van der Waals surface area contributed by atoms with Crippen molar-refractivity contribution < 1.29 is 5.11 Å². The van der Waals surface area contributed by atoms with Crippen LogP contribution in [0, 0.1) is 11.8 Å². The summed E-state index contributed by atoms with van der Waals surface area (Å²) in [4.78, 5) is 0. The summed E-state index contributed by atoms with van der Waals surface area (Å²) in [5.41, 5.74) is 4.41. The molecule has 0 aromatic rings. The number of hydrogen-bond donors (Lipinski definition) is 2. The van der Waals surface area contributed by atoms with E-state index in [9.17, 15) is 0 Å². The van der Waals surface area contributed by atoms with Gasteiger partial charge in [0.15, 0.2) is 0 Å². The van der Waals surface area contributed by atoms with Crippen LogP contribution in [0.4, 0.5) is 0 Å². The Morgan fingerprint density at radius 2 is 2.00 bits per heavy atom. The average Bonchev–Trinajstić information content (AvgIpc) is 1.59. The Balaban J connectivity index is 3.88. The van der Waals surface area contributed by atoms with Crippen LogP contribution < -0.4 is 5.73 Å². The SMILES string of the molecule is CC(N)C#CC(C)(C)O. The van der Waals surface area contributed by atoms with Crippen LogP contribution in [0.5, 0.6) is 0 Å². The Hall–Kier alpha value is -0.520. The van der Waals surface area contributed by atoms with Gasteiger partial charge in [0.05, 0.1) is 6.04 Å². The molecule has 9 heavy (non-hydrogen) atoms. The Morgan fingerprint density at radius 1 is 1.56 bits per heavy atom. The fourth-order valence-electron chi connectivity index (χ4n) is 0.290. The van der Waals surface area contributed by atoms with E-state index < -0.39 is 5.60 Å². The van der Waals surface area contributed by atoms with Crippen molar-refractivity contribution in [3.05, 3.63) is 0 Å². The first-order valence-electron chi connectivity index (χ1n) is 2.92. The predicted molar refractivity (Wildman–Crippen MR) is 37.7 cm³/mol. The van der Waals surface area contributed by atoms with Gasteiger partial charge in [-0.2, -0.15) is 0 Å². The number of hydrogen-bond acceptors (Lipinski definition) is 2. The molecule has 2 nitrogen and oxygen atoms in total. The van der Waals surface area contributed by atoms with E-state index in [1.807, 2.05) is 0 Å². The monoisotopic (exact) mass is 127 g/mol. The molecule has 0 heterocycles. The Bertz CT molecular complexity index is 133. The van der Waals surface area contributed by atoms with E-state index in [0.29, 0.717) is 0 Å². The normalized spacial score (nSPS) is 13.9. The molecule has 0 fully saturated rings. The zero-order valence-electron chi connectivity index (χ0n) is 6.10. The second kappa shape index (κ2) is 2.86. The highest BCUT2D eigenvalue weighted by atomic mass is 16.3. The minimum atomic E-state index is -0.909. The molecular formula is C7H13NO. The first-order valence-corrected chi connectivity index (χ1v) is 2.92. The van der Waals surface area contributed by atoms with Gasteiger partial charge in [-0.25, -0.2) is 0 Å². The molecule has 0 aromatic heterocycles. The molecule has 0 saturated carbocycles. The summed E-state index contributed by atoms with van der Waals surface area (Å²) in [6.07, 6.45) is 0. The van der Waals surface area contributed by atoms with Crippen molar-refractivity contribution in [2.45, 2.75) is 32.4 Å². The smallest absolute Gasteiger partial charge is 0.120 e. The summed E-state index contributed by atoms with van der Waals surface area (Å²) >= 11 is 0. The first-order chi connectivity index (χ1) is 3.92. The van der Waals surface area contributed by atoms with Crippen LogP contribution in [-0.2, 0) is 0 Å². The predicted octanol–water partition coefficient (Wildman–Crippen LogP) is 0.108. The van der Waals surface area contributed by atoms with E-state index in [2.05, 4.69) is 11.8 Å². The lowest BCUT2D eigenvalue weighted by Crippen LogP contribution is -2.18. The van der Waals surface area contributed by atoms with E-state index in [0.717, 1.165) is 0 Å². The van der Waals surface area contributed by atoms with Gasteiger partial charge in [0, 0.05) is 0 Å². The molecule has 1 unspecified atom stereocenters. The molecule has 0 spiro atoms. The Kier molecular flexibility index (Phi) is 2.69. The average molecular weight is 127 g/mol. The van der Waals surface area contributed by atoms with Crippen LogP contribution in [-0.4, -0.2) is 16.7 Å². The summed E-state index contributed by atoms with van der Waals surface area (Å²) in [6.45, 7) is 5.03. The van der Waals surface area contributed by atoms with Crippen molar-refractivity contribution in [2.24, 2.45) is 5.73 Å². The molecule has 0 amide bonds.